The number of halogens is 1. The van der Waals surface area contributed by atoms with Crippen molar-refractivity contribution < 1.29 is 4.39 Å². The molecule has 3 heteroatoms. The van der Waals surface area contributed by atoms with Gasteiger partial charge in [0.05, 0.1) is 0 Å². The van der Waals surface area contributed by atoms with Crippen LogP contribution in [0.15, 0.2) is 24.3 Å². The maximum atomic E-state index is 13.7. The third-order valence-corrected chi connectivity index (χ3v) is 4.28. The fraction of sp³-hybridized carbons (Fsp3) is 0.625. The van der Waals surface area contributed by atoms with E-state index in [1.165, 1.54) is 18.9 Å². The highest BCUT2D eigenvalue weighted by Crippen LogP contribution is 2.23. The summed E-state index contributed by atoms with van der Waals surface area (Å²) >= 11 is 0. The van der Waals surface area contributed by atoms with Gasteiger partial charge in [-0.25, -0.2) is 4.39 Å². The highest BCUT2D eigenvalue weighted by molar-refractivity contribution is 5.20. The molecule has 106 valence electrons. The molecular formula is C16H25FN2. The molecule has 0 saturated carbocycles. The van der Waals surface area contributed by atoms with Gasteiger partial charge in [0, 0.05) is 30.7 Å². The van der Waals surface area contributed by atoms with Crippen molar-refractivity contribution in [3.63, 3.8) is 0 Å². The van der Waals surface area contributed by atoms with Crippen molar-refractivity contribution in [2.75, 3.05) is 13.1 Å². The van der Waals surface area contributed by atoms with E-state index >= 15 is 0 Å². The van der Waals surface area contributed by atoms with Crippen molar-refractivity contribution in [1.82, 2.24) is 4.90 Å². The first-order valence-corrected chi connectivity index (χ1v) is 7.32. The van der Waals surface area contributed by atoms with Gasteiger partial charge in [-0.15, -0.1) is 0 Å². The second-order valence-corrected chi connectivity index (χ2v) is 5.94. The van der Waals surface area contributed by atoms with Crippen molar-refractivity contribution in [1.29, 1.82) is 0 Å². The lowest BCUT2D eigenvalue weighted by atomic mass is 9.94. The van der Waals surface area contributed by atoms with Crippen LogP contribution in [0, 0.1) is 11.7 Å². The monoisotopic (exact) mass is 264 g/mol. The summed E-state index contributed by atoms with van der Waals surface area (Å²) in [5.74, 6) is 0.580. The summed E-state index contributed by atoms with van der Waals surface area (Å²) in [5.41, 5.74) is 6.77. The lowest BCUT2D eigenvalue weighted by Crippen LogP contribution is -2.42. The summed E-state index contributed by atoms with van der Waals surface area (Å²) in [6.45, 7) is 6.68. The Morgan fingerprint density at radius 3 is 2.79 bits per heavy atom. The molecule has 1 heterocycles. The number of benzene rings is 1. The number of likely N-dealkylation sites (tertiary alicyclic amines) is 1. The summed E-state index contributed by atoms with van der Waals surface area (Å²) in [5, 5.41) is 0. The van der Waals surface area contributed by atoms with E-state index in [0.717, 1.165) is 25.4 Å². The highest BCUT2D eigenvalue weighted by atomic mass is 19.1. The average Bonchev–Trinajstić information content (AvgIpc) is 2.40. The molecule has 0 bridgehead atoms. The standard InChI is InChI=1S/C16H25FN2/c1-12-7-8-13(2)19(11-12)10-9-16(18)14-5-3-4-6-15(14)17/h3-6,12-13,16H,7-11,18H2,1-2H3. The summed E-state index contributed by atoms with van der Waals surface area (Å²) in [7, 11) is 0. The summed E-state index contributed by atoms with van der Waals surface area (Å²) < 4.78 is 13.7. The topological polar surface area (TPSA) is 29.3 Å². The first-order valence-electron chi connectivity index (χ1n) is 7.32. The van der Waals surface area contributed by atoms with Gasteiger partial charge in [0.15, 0.2) is 0 Å². The van der Waals surface area contributed by atoms with Gasteiger partial charge in [0.1, 0.15) is 5.82 Å². The lowest BCUT2D eigenvalue weighted by molar-refractivity contribution is 0.121. The van der Waals surface area contributed by atoms with Gasteiger partial charge >= 0.3 is 0 Å². The van der Waals surface area contributed by atoms with Gasteiger partial charge in [-0.05, 0) is 38.2 Å². The molecule has 0 amide bonds. The number of nitrogens with two attached hydrogens (primary N) is 1. The van der Waals surface area contributed by atoms with Crippen LogP contribution in [0.2, 0.25) is 0 Å². The quantitative estimate of drug-likeness (QED) is 0.903. The van der Waals surface area contributed by atoms with E-state index in [1.807, 2.05) is 6.07 Å². The van der Waals surface area contributed by atoms with E-state index < -0.39 is 0 Å². The molecule has 2 rings (SSSR count). The molecule has 1 saturated heterocycles. The predicted octanol–water partition coefficient (Wildman–Crippen LogP) is 3.34. The second-order valence-electron chi connectivity index (χ2n) is 5.94. The first-order chi connectivity index (χ1) is 9.08. The van der Waals surface area contributed by atoms with Crippen molar-refractivity contribution >= 4 is 0 Å². The highest BCUT2D eigenvalue weighted by Gasteiger charge is 2.23. The van der Waals surface area contributed by atoms with E-state index in [1.54, 1.807) is 12.1 Å². The molecule has 0 aliphatic carbocycles. The average molecular weight is 264 g/mol. The largest absolute Gasteiger partial charge is 0.324 e. The first kappa shape index (κ1) is 14.5. The van der Waals surface area contributed by atoms with Crippen molar-refractivity contribution in [3.05, 3.63) is 35.6 Å². The molecular weight excluding hydrogens is 239 g/mol. The van der Waals surface area contributed by atoms with Crippen LogP contribution in [0.3, 0.4) is 0 Å². The third-order valence-electron chi connectivity index (χ3n) is 4.28. The Hall–Kier alpha value is -0.930. The van der Waals surface area contributed by atoms with E-state index in [2.05, 4.69) is 18.7 Å². The summed E-state index contributed by atoms with van der Waals surface area (Å²) in [6, 6.07) is 7.27. The van der Waals surface area contributed by atoms with E-state index in [0.29, 0.717) is 11.6 Å². The Kier molecular flexibility index (Phi) is 4.94. The number of hydrogen-bond acceptors (Lipinski definition) is 2. The third kappa shape index (κ3) is 3.77. The predicted molar refractivity (Wildman–Crippen MR) is 77.4 cm³/mol. The molecule has 1 aliphatic rings. The van der Waals surface area contributed by atoms with E-state index in [4.69, 9.17) is 5.73 Å². The number of hydrogen-bond donors (Lipinski definition) is 1. The lowest BCUT2D eigenvalue weighted by Gasteiger charge is -2.37. The molecule has 19 heavy (non-hydrogen) atoms. The van der Waals surface area contributed by atoms with Crippen LogP contribution in [0.25, 0.3) is 0 Å². The van der Waals surface area contributed by atoms with Crippen LogP contribution in [0.5, 0.6) is 0 Å². The van der Waals surface area contributed by atoms with Gasteiger partial charge in [-0.1, -0.05) is 25.1 Å². The fourth-order valence-electron chi connectivity index (χ4n) is 2.93. The van der Waals surface area contributed by atoms with Crippen molar-refractivity contribution in [2.45, 2.75) is 45.2 Å². The van der Waals surface area contributed by atoms with Crippen LogP contribution in [-0.2, 0) is 0 Å². The normalized spacial score (nSPS) is 26.3. The van der Waals surface area contributed by atoms with Crippen LogP contribution in [-0.4, -0.2) is 24.0 Å². The minimum absolute atomic E-state index is 0.185. The molecule has 1 aromatic carbocycles. The fourth-order valence-corrected chi connectivity index (χ4v) is 2.93. The zero-order valence-electron chi connectivity index (χ0n) is 12.0. The van der Waals surface area contributed by atoms with Crippen molar-refractivity contribution in [3.8, 4) is 0 Å². The maximum Gasteiger partial charge on any atom is 0.127 e. The number of rotatable bonds is 4. The Morgan fingerprint density at radius 2 is 2.05 bits per heavy atom. The minimum atomic E-state index is -0.203. The zero-order chi connectivity index (χ0) is 13.8. The molecule has 0 radical (unpaired) electrons. The molecule has 1 aliphatic heterocycles. The van der Waals surface area contributed by atoms with Gasteiger partial charge in [0.25, 0.3) is 0 Å². The molecule has 2 N–H and O–H groups in total. The summed E-state index contributed by atoms with van der Waals surface area (Å²) in [6.07, 6.45) is 3.39. The van der Waals surface area contributed by atoms with Crippen molar-refractivity contribution in [2.24, 2.45) is 11.7 Å². The van der Waals surface area contributed by atoms with Crippen LogP contribution >= 0.6 is 0 Å². The van der Waals surface area contributed by atoms with Crippen LogP contribution in [0.4, 0.5) is 4.39 Å². The zero-order valence-corrected chi connectivity index (χ0v) is 12.0. The molecule has 0 aromatic heterocycles. The Bertz CT molecular complexity index is 407. The van der Waals surface area contributed by atoms with Gasteiger partial charge in [0.2, 0.25) is 0 Å². The maximum absolute atomic E-state index is 13.7. The number of nitrogens with zero attached hydrogens (tertiary/aromatic N) is 1. The molecule has 1 fully saturated rings. The SMILES string of the molecule is CC1CCC(C)N(CCC(N)c2ccccc2F)C1. The van der Waals surface area contributed by atoms with Crippen LogP contribution < -0.4 is 5.73 Å². The van der Waals surface area contributed by atoms with Gasteiger partial charge in [-0.2, -0.15) is 0 Å². The molecule has 3 atom stereocenters. The minimum Gasteiger partial charge on any atom is -0.324 e. The number of piperidine rings is 1. The van der Waals surface area contributed by atoms with E-state index in [9.17, 15) is 4.39 Å². The molecule has 0 spiro atoms. The van der Waals surface area contributed by atoms with Gasteiger partial charge < -0.3 is 10.6 Å². The Morgan fingerprint density at radius 1 is 1.32 bits per heavy atom. The van der Waals surface area contributed by atoms with Crippen LogP contribution in [0.1, 0.15) is 44.7 Å². The molecule has 3 unspecified atom stereocenters. The smallest absolute Gasteiger partial charge is 0.127 e. The van der Waals surface area contributed by atoms with Gasteiger partial charge in [-0.3, -0.25) is 0 Å². The molecule has 1 aromatic rings. The van der Waals surface area contributed by atoms with E-state index in [-0.39, 0.29) is 11.9 Å². The summed E-state index contributed by atoms with van der Waals surface area (Å²) in [4.78, 5) is 2.49. The second kappa shape index (κ2) is 6.49. The Balaban J connectivity index is 1.89. The Labute approximate surface area is 115 Å². The molecule has 2 nitrogen and oxygen atoms in total.